The maximum atomic E-state index is 12.8. The monoisotopic (exact) mass is 443 g/mol. The number of carbonyl (C=O) groups is 2. The van der Waals surface area contributed by atoms with Crippen LogP contribution >= 0.6 is 11.8 Å². The Bertz CT molecular complexity index is 1170. The van der Waals surface area contributed by atoms with E-state index >= 15 is 0 Å². The fraction of sp³-hybridized carbons (Fsp3) is 0.160. The molecule has 32 heavy (non-hydrogen) atoms. The van der Waals surface area contributed by atoms with E-state index in [1.54, 1.807) is 0 Å². The van der Waals surface area contributed by atoms with Crippen molar-refractivity contribution in [2.75, 3.05) is 22.5 Å². The smallest absolute Gasteiger partial charge is 0.244 e. The summed E-state index contributed by atoms with van der Waals surface area (Å²) in [6, 6.07) is 24.5. The van der Waals surface area contributed by atoms with Gasteiger partial charge >= 0.3 is 0 Å². The average Bonchev–Trinajstić information content (AvgIpc) is 2.81. The van der Waals surface area contributed by atoms with Crippen LogP contribution in [0.15, 0.2) is 77.7 Å². The first-order chi connectivity index (χ1) is 15.6. The molecule has 0 atom stereocenters. The molecular formula is C25H21N3O3S. The van der Waals surface area contributed by atoms with Crippen molar-refractivity contribution in [2.45, 2.75) is 17.9 Å². The lowest BCUT2D eigenvalue weighted by molar-refractivity contribution is -0.120. The molecule has 6 nitrogen and oxygen atoms in total. The normalized spacial score (nSPS) is 12.6. The minimum absolute atomic E-state index is 0.0496. The summed E-state index contributed by atoms with van der Waals surface area (Å²) in [5, 5.41) is 11.7. The van der Waals surface area contributed by atoms with Gasteiger partial charge in [-0.15, -0.1) is 11.8 Å². The third-order valence-corrected chi connectivity index (χ3v) is 6.05. The molecular weight excluding hydrogens is 422 g/mol. The molecule has 160 valence electrons. The Labute approximate surface area is 190 Å². The van der Waals surface area contributed by atoms with Crippen molar-refractivity contribution in [3.05, 3.63) is 83.9 Å². The van der Waals surface area contributed by atoms with Crippen molar-refractivity contribution in [3.8, 4) is 11.8 Å². The number of carbonyl (C=O) groups excluding carboxylic acids is 2. The molecule has 1 aliphatic heterocycles. The number of amides is 2. The molecule has 3 aromatic carbocycles. The lowest BCUT2D eigenvalue weighted by Gasteiger charge is -2.28. The van der Waals surface area contributed by atoms with Gasteiger partial charge in [0.1, 0.15) is 18.9 Å². The van der Waals surface area contributed by atoms with Gasteiger partial charge in [-0.2, -0.15) is 5.26 Å². The molecule has 1 aliphatic rings. The Hall–Kier alpha value is -3.76. The van der Waals surface area contributed by atoms with Crippen LogP contribution in [0, 0.1) is 11.3 Å². The maximum absolute atomic E-state index is 12.8. The highest BCUT2D eigenvalue weighted by Gasteiger charge is 2.26. The van der Waals surface area contributed by atoms with Crippen molar-refractivity contribution in [1.82, 2.24) is 0 Å². The quantitative estimate of drug-likeness (QED) is 0.585. The number of nitrogens with one attached hydrogen (secondary N) is 1. The molecule has 0 saturated heterocycles. The van der Waals surface area contributed by atoms with Crippen LogP contribution < -0.4 is 15.0 Å². The molecule has 0 spiro atoms. The molecule has 0 aromatic heterocycles. The van der Waals surface area contributed by atoms with Crippen LogP contribution in [-0.2, 0) is 22.6 Å². The number of nitrogens with zero attached hydrogens (tertiary/aromatic N) is 2. The van der Waals surface area contributed by atoms with Crippen LogP contribution in [-0.4, -0.2) is 24.1 Å². The standard InChI is InChI=1S/C25H21N3O3S/c26-14-13-18-9-11-20(12-10-18)31-16-19-5-1-2-6-21(19)27-24(29)15-28-22-7-3-4-8-23(22)32-17-25(28)30/h1-12H,13,15-17H2,(H,27,29). The number of anilines is 2. The van der Waals surface area contributed by atoms with Gasteiger partial charge in [-0.3, -0.25) is 9.59 Å². The van der Waals surface area contributed by atoms with Crippen LogP contribution in [0.25, 0.3) is 0 Å². The summed E-state index contributed by atoms with van der Waals surface area (Å²) >= 11 is 1.49. The van der Waals surface area contributed by atoms with E-state index in [9.17, 15) is 9.59 Å². The van der Waals surface area contributed by atoms with Crippen molar-refractivity contribution < 1.29 is 14.3 Å². The molecule has 0 bridgehead atoms. The molecule has 4 rings (SSSR count). The summed E-state index contributed by atoms with van der Waals surface area (Å²) in [5.41, 5.74) is 3.16. The van der Waals surface area contributed by atoms with Crippen LogP contribution in [0.5, 0.6) is 5.75 Å². The van der Waals surface area contributed by atoms with E-state index in [1.165, 1.54) is 16.7 Å². The van der Waals surface area contributed by atoms with Crippen LogP contribution in [0.3, 0.4) is 0 Å². The van der Waals surface area contributed by atoms with Crippen LogP contribution in [0.2, 0.25) is 0 Å². The Balaban J connectivity index is 1.41. The molecule has 2 amide bonds. The molecule has 0 radical (unpaired) electrons. The molecule has 1 N–H and O–H groups in total. The molecule has 0 unspecified atom stereocenters. The highest BCUT2D eigenvalue weighted by Crippen LogP contribution is 2.34. The SMILES string of the molecule is N#CCc1ccc(OCc2ccccc2NC(=O)CN2C(=O)CSc3ccccc32)cc1. The number of thioether (sulfide) groups is 1. The average molecular weight is 444 g/mol. The number of para-hydroxylation sites is 2. The second-order valence-corrected chi connectivity index (χ2v) is 8.23. The molecule has 7 heteroatoms. The summed E-state index contributed by atoms with van der Waals surface area (Å²) in [5.74, 6) is 0.650. The largest absolute Gasteiger partial charge is 0.489 e. The van der Waals surface area contributed by atoms with Crippen molar-refractivity contribution >= 4 is 35.0 Å². The zero-order valence-electron chi connectivity index (χ0n) is 17.3. The Kier molecular flexibility index (Phi) is 6.73. The fourth-order valence-corrected chi connectivity index (χ4v) is 4.32. The first kappa shape index (κ1) is 21.5. The van der Waals surface area contributed by atoms with Gasteiger partial charge in [0.2, 0.25) is 11.8 Å². The van der Waals surface area contributed by atoms with E-state index in [0.717, 1.165) is 21.7 Å². The highest BCUT2D eigenvalue weighted by atomic mass is 32.2. The highest BCUT2D eigenvalue weighted by molar-refractivity contribution is 8.00. The van der Waals surface area contributed by atoms with Crippen molar-refractivity contribution in [2.24, 2.45) is 0 Å². The molecule has 3 aromatic rings. The number of benzene rings is 3. The predicted molar refractivity (Wildman–Crippen MR) is 125 cm³/mol. The van der Waals surface area contributed by atoms with Crippen molar-refractivity contribution in [3.63, 3.8) is 0 Å². The molecule has 0 aliphatic carbocycles. The van der Waals surface area contributed by atoms with Gasteiger partial charge in [0.25, 0.3) is 0 Å². The Morgan fingerprint density at radius 1 is 1.06 bits per heavy atom. The van der Waals surface area contributed by atoms with Gasteiger partial charge in [-0.1, -0.05) is 42.5 Å². The minimum Gasteiger partial charge on any atom is -0.489 e. The zero-order valence-corrected chi connectivity index (χ0v) is 18.1. The van der Waals surface area contributed by atoms with E-state index in [0.29, 0.717) is 23.6 Å². The lowest BCUT2D eigenvalue weighted by atomic mass is 10.1. The molecule has 1 heterocycles. The lowest BCUT2D eigenvalue weighted by Crippen LogP contribution is -2.41. The Morgan fingerprint density at radius 2 is 1.81 bits per heavy atom. The maximum Gasteiger partial charge on any atom is 0.244 e. The minimum atomic E-state index is -0.270. The predicted octanol–water partition coefficient (Wildman–Crippen LogP) is 4.41. The number of nitriles is 1. The fourth-order valence-electron chi connectivity index (χ4n) is 3.38. The van der Waals surface area contributed by atoms with E-state index in [4.69, 9.17) is 10.00 Å². The topological polar surface area (TPSA) is 82.4 Å². The van der Waals surface area contributed by atoms with Gasteiger partial charge in [0.15, 0.2) is 0 Å². The number of hydrogen-bond donors (Lipinski definition) is 1. The number of ether oxygens (including phenoxy) is 1. The number of hydrogen-bond acceptors (Lipinski definition) is 5. The van der Waals surface area contributed by atoms with E-state index < -0.39 is 0 Å². The van der Waals surface area contributed by atoms with Gasteiger partial charge < -0.3 is 15.0 Å². The number of fused-ring (bicyclic) bond motifs is 1. The van der Waals surface area contributed by atoms with Gasteiger partial charge in [-0.05, 0) is 35.9 Å². The van der Waals surface area contributed by atoms with E-state index in [1.807, 2.05) is 72.8 Å². The van der Waals surface area contributed by atoms with E-state index in [2.05, 4.69) is 11.4 Å². The van der Waals surface area contributed by atoms with Crippen molar-refractivity contribution in [1.29, 1.82) is 5.26 Å². The second-order valence-electron chi connectivity index (χ2n) is 7.21. The zero-order chi connectivity index (χ0) is 22.3. The molecule has 0 fully saturated rings. The summed E-state index contributed by atoms with van der Waals surface area (Å²) in [6.45, 7) is 0.224. The number of rotatable bonds is 7. The van der Waals surface area contributed by atoms with E-state index in [-0.39, 0.29) is 25.0 Å². The Morgan fingerprint density at radius 3 is 2.62 bits per heavy atom. The third-order valence-electron chi connectivity index (χ3n) is 5.00. The van der Waals surface area contributed by atoms with Gasteiger partial charge in [0.05, 0.1) is 23.9 Å². The first-order valence-electron chi connectivity index (χ1n) is 10.1. The van der Waals surface area contributed by atoms with Gasteiger partial charge in [0, 0.05) is 16.1 Å². The first-order valence-corrected chi connectivity index (χ1v) is 11.1. The summed E-state index contributed by atoms with van der Waals surface area (Å²) in [4.78, 5) is 27.7. The summed E-state index contributed by atoms with van der Waals surface area (Å²) in [7, 11) is 0. The van der Waals surface area contributed by atoms with Gasteiger partial charge in [-0.25, -0.2) is 0 Å². The van der Waals surface area contributed by atoms with Crippen LogP contribution in [0.1, 0.15) is 11.1 Å². The molecule has 0 saturated carbocycles. The third kappa shape index (κ3) is 5.10. The summed E-state index contributed by atoms with van der Waals surface area (Å²) < 4.78 is 5.86. The van der Waals surface area contributed by atoms with Crippen LogP contribution in [0.4, 0.5) is 11.4 Å². The second kappa shape index (κ2) is 10.0. The summed E-state index contributed by atoms with van der Waals surface area (Å²) in [6.07, 6.45) is 0.359.